The summed E-state index contributed by atoms with van der Waals surface area (Å²) in [6.45, 7) is 4.55. The Kier molecular flexibility index (Phi) is 4.70. The van der Waals surface area contributed by atoms with Gasteiger partial charge in [0.1, 0.15) is 0 Å². The Balaban J connectivity index is 1.62. The van der Waals surface area contributed by atoms with Gasteiger partial charge in [0.05, 0.1) is 24.2 Å². The van der Waals surface area contributed by atoms with E-state index in [2.05, 4.69) is 13.8 Å². The fourth-order valence-corrected chi connectivity index (χ4v) is 4.02. The summed E-state index contributed by atoms with van der Waals surface area (Å²) >= 11 is 0. The van der Waals surface area contributed by atoms with Crippen LogP contribution in [0.5, 0.6) is 0 Å². The van der Waals surface area contributed by atoms with Crippen molar-refractivity contribution in [1.82, 2.24) is 4.90 Å². The number of amides is 2. The molecular weight excluding hydrogens is 340 g/mol. The van der Waals surface area contributed by atoms with Gasteiger partial charge >= 0.3 is 0 Å². The van der Waals surface area contributed by atoms with Crippen molar-refractivity contribution in [1.29, 1.82) is 0 Å². The molecule has 0 saturated carbocycles. The molecule has 5 nitrogen and oxygen atoms in total. The Bertz CT molecular complexity index is 822. The Morgan fingerprint density at radius 1 is 0.926 bits per heavy atom. The number of likely N-dealkylation sites (tertiary alicyclic amines) is 1. The highest BCUT2D eigenvalue weighted by molar-refractivity contribution is 6.07. The summed E-state index contributed by atoms with van der Waals surface area (Å²) in [6.07, 6.45) is 0.0546. The van der Waals surface area contributed by atoms with Crippen LogP contribution >= 0.6 is 0 Å². The molecule has 140 valence electrons. The van der Waals surface area contributed by atoms with E-state index < -0.39 is 12.0 Å². The zero-order valence-electron chi connectivity index (χ0n) is 15.6. The number of rotatable bonds is 5. The van der Waals surface area contributed by atoms with Crippen LogP contribution in [0.4, 0.5) is 5.69 Å². The van der Waals surface area contributed by atoms with E-state index in [1.54, 1.807) is 5.06 Å². The molecule has 2 saturated heterocycles. The third-order valence-electron chi connectivity index (χ3n) is 5.24. The second-order valence-electron chi connectivity index (χ2n) is 7.66. The van der Waals surface area contributed by atoms with Crippen LogP contribution in [0, 0.1) is 11.8 Å². The largest absolute Gasteiger partial charge is 0.275 e. The molecule has 2 aliphatic heterocycles. The molecule has 5 heteroatoms. The monoisotopic (exact) mass is 364 g/mol. The third-order valence-corrected chi connectivity index (χ3v) is 5.24. The SMILES string of the molecule is CC(C)C[C@H]1[C@@H]2C(=O)N(Cc3ccccc3)C(=O)[C@@H]2ON1c1ccccc1. The number of imide groups is 1. The standard InChI is InChI=1S/C22H24N2O3/c1-15(2)13-18-19-20(27-24(18)17-11-7-4-8-12-17)22(26)23(21(19)25)14-16-9-5-3-6-10-16/h3-12,15,18-20H,13-14H2,1-2H3/t18-,19-,20+/m0/s1. The van der Waals surface area contributed by atoms with E-state index in [0.717, 1.165) is 17.7 Å². The first kappa shape index (κ1) is 17.7. The van der Waals surface area contributed by atoms with Gasteiger partial charge in [0, 0.05) is 0 Å². The number of fused-ring (bicyclic) bond motifs is 1. The average molecular weight is 364 g/mol. The van der Waals surface area contributed by atoms with Crippen LogP contribution in [0.2, 0.25) is 0 Å². The van der Waals surface area contributed by atoms with E-state index in [9.17, 15) is 9.59 Å². The molecule has 2 heterocycles. The molecule has 2 fully saturated rings. The molecule has 0 bridgehead atoms. The molecule has 0 spiro atoms. The maximum absolute atomic E-state index is 13.2. The molecule has 2 amide bonds. The number of nitrogens with zero attached hydrogens (tertiary/aromatic N) is 2. The summed E-state index contributed by atoms with van der Waals surface area (Å²) in [6, 6.07) is 19.2. The minimum absolute atomic E-state index is 0.127. The van der Waals surface area contributed by atoms with Gasteiger partial charge in [-0.25, -0.2) is 5.06 Å². The van der Waals surface area contributed by atoms with Crippen LogP contribution in [0.25, 0.3) is 0 Å². The lowest BCUT2D eigenvalue weighted by molar-refractivity contribution is -0.143. The normalized spacial score (nSPS) is 24.8. The van der Waals surface area contributed by atoms with Crippen LogP contribution in [-0.4, -0.2) is 28.9 Å². The lowest BCUT2D eigenvalue weighted by Gasteiger charge is -2.29. The van der Waals surface area contributed by atoms with E-state index in [1.165, 1.54) is 4.90 Å². The van der Waals surface area contributed by atoms with Crippen molar-refractivity contribution < 1.29 is 14.4 Å². The Hall–Kier alpha value is -2.66. The molecule has 0 radical (unpaired) electrons. The summed E-state index contributed by atoms with van der Waals surface area (Å²) in [5, 5.41) is 1.78. The van der Waals surface area contributed by atoms with Crippen molar-refractivity contribution >= 4 is 17.5 Å². The van der Waals surface area contributed by atoms with E-state index in [-0.39, 0.29) is 17.9 Å². The smallest absolute Gasteiger partial charge is 0.262 e. The second kappa shape index (κ2) is 7.16. The fourth-order valence-electron chi connectivity index (χ4n) is 4.02. The van der Waals surface area contributed by atoms with Gasteiger partial charge in [0.25, 0.3) is 5.91 Å². The number of para-hydroxylation sites is 1. The summed E-state index contributed by atoms with van der Waals surface area (Å²) in [5.74, 6) is -0.433. The minimum atomic E-state index is -0.731. The quantitative estimate of drug-likeness (QED) is 0.763. The first-order valence-electron chi connectivity index (χ1n) is 9.46. The van der Waals surface area contributed by atoms with E-state index in [4.69, 9.17) is 4.84 Å². The second-order valence-corrected chi connectivity index (χ2v) is 7.66. The van der Waals surface area contributed by atoms with Gasteiger partial charge in [-0.15, -0.1) is 0 Å². The number of hydrogen-bond donors (Lipinski definition) is 0. The summed E-state index contributed by atoms with van der Waals surface area (Å²) in [5.41, 5.74) is 1.83. The van der Waals surface area contributed by atoms with E-state index in [0.29, 0.717) is 12.5 Å². The molecular formula is C22H24N2O3. The van der Waals surface area contributed by atoms with Crippen LogP contribution in [0.3, 0.4) is 0 Å². The first-order valence-corrected chi connectivity index (χ1v) is 9.46. The van der Waals surface area contributed by atoms with Gasteiger partial charge in [-0.05, 0) is 30.0 Å². The van der Waals surface area contributed by atoms with Gasteiger partial charge in [-0.1, -0.05) is 62.4 Å². The lowest BCUT2D eigenvalue weighted by Crippen LogP contribution is -2.40. The van der Waals surface area contributed by atoms with E-state index in [1.807, 2.05) is 60.7 Å². The minimum Gasteiger partial charge on any atom is -0.275 e. The predicted molar refractivity (Wildman–Crippen MR) is 103 cm³/mol. The predicted octanol–water partition coefficient (Wildman–Crippen LogP) is 3.41. The van der Waals surface area contributed by atoms with Gasteiger partial charge < -0.3 is 0 Å². The maximum atomic E-state index is 13.2. The number of benzene rings is 2. The van der Waals surface area contributed by atoms with Crippen LogP contribution in [-0.2, 0) is 21.0 Å². The zero-order valence-corrected chi connectivity index (χ0v) is 15.6. The van der Waals surface area contributed by atoms with E-state index >= 15 is 0 Å². The van der Waals surface area contributed by atoms with Crippen molar-refractivity contribution in [2.24, 2.45) is 11.8 Å². The van der Waals surface area contributed by atoms with Crippen molar-refractivity contribution in [3.05, 3.63) is 66.2 Å². The molecule has 3 atom stereocenters. The molecule has 4 rings (SSSR count). The number of carbonyl (C=O) groups excluding carboxylic acids is 2. The number of anilines is 1. The van der Waals surface area contributed by atoms with Crippen molar-refractivity contribution in [3.63, 3.8) is 0 Å². The highest BCUT2D eigenvalue weighted by Gasteiger charge is 2.59. The molecule has 2 aromatic rings. The van der Waals surface area contributed by atoms with Crippen molar-refractivity contribution in [2.75, 3.05) is 5.06 Å². The first-order chi connectivity index (χ1) is 13.1. The Labute approximate surface area is 159 Å². The highest BCUT2D eigenvalue weighted by Crippen LogP contribution is 2.41. The molecule has 2 aliphatic rings. The molecule has 2 aromatic carbocycles. The van der Waals surface area contributed by atoms with Crippen molar-refractivity contribution in [3.8, 4) is 0 Å². The molecule has 0 aliphatic carbocycles. The molecule has 0 aromatic heterocycles. The van der Waals surface area contributed by atoms with Gasteiger partial charge in [-0.3, -0.25) is 19.3 Å². The lowest BCUT2D eigenvalue weighted by atomic mass is 9.90. The summed E-state index contributed by atoms with van der Waals surface area (Å²) in [4.78, 5) is 33.6. The summed E-state index contributed by atoms with van der Waals surface area (Å²) < 4.78 is 0. The van der Waals surface area contributed by atoms with Crippen LogP contribution in [0.15, 0.2) is 60.7 Å². The fraction of sp³-hybridized carbons (Fsp3) is 0.364. The Morgan fingerprint density at radius 2 is 1.56 bits per heavy atom. The van der Waals surface area contributed by atoms with Gasteiger partial charge in [-0.2, -0.15) is 0 Å². The van der Waals surface area contributed by atoms with Crippen molar-refractivity contribution in [2.45, 2.75) is 39.0 Å². The van der Waals surface area contributed by atoms with Gasteiger partial charge in [0.2, 0.25) is 5.91 Å². The molecule has 0 N–H and O–H groups in total. The topological polar surface area (TPSA) is 49.9 Å². The number of carbonyl (C=O) groups is 2. The molecule has 27 heavy (non-hydrogen) atoms. The number of hydroxylamine groups is 1. The summed E-state index contributed by atoms with van der Waals surface area (Å²) in [7, 11) is 0. The van der Waals surface area contributed by atoms with Crippen LogP contribution < -0.4 is 5.06 Å². The zero-order chi connectivity index (χ0) is 19.0. The molecule has 0 unspecified atom stereocenters. The highest BCUT2D eigenvalue weighted by atomic mass is 16.7. The van der Waals surface area contributed by atoms with Crippen LogP contribution in [0.1, 0.15) is 25.8 Å². The Morgan fingerprint density at radius 3 is 2.19 bits per heavy atom. The van der Waals surface area contributed by atoms with Gasteiger partial charge in [0.15, 0.2) is 6.10 Å². The third kappa shape index (κ3) is 3.23. The maximum Gasteiger partial charge on any atom is 0.262 e. The average Bonchev–Trinajstić information content (AvgIpc) is 3.15. The number of hydrogen-bond acceptors (Lipinski definition) is 4.